The van der Waals surface area contributed by atoms with Crippen LogP contribution in [0.5, 0.6) is 0 Å². The highest BCUT2D eigenvalue weighted by molar-refractivity contribution is 5.99. The molecule has 2 aliphatic heterocycles. The van der Waals surface area contributed by atoms with Gasteiger partial charge >= 0.3 is 0 Å². The Morgan fingerprint density at radius 1 is 0.907 bits per heavy atom. The lowest BCUT2D eigenvalue weighted by Crippen LogP contribution is -2.62. The van der Waals surface area contributed by atoms with Gasteiger partial charge in [0.25, 0.3) is 0 Å². The Morgan fingerprint density at radius 2 is 1.58 bits per heavy atom. The molecule has 3 aromatic rings. The maximum atomic E-state index is 6.68. The molecular weight excluding hydrogens is 551 g/mol. The normalized spacial score (nSPS) is 21.9. The van der Waals surface area contributed by atoms with E-state index in [0.717, 1.165) is 58.0 Å². The van der Waals surface area contributed by atoms with E-state index in [4.69, 9.17) is 13.9 Å². The molecule has 229 valence electrons. The van der Waals surface area contributed by atoms with Gasteiger partial charge in [0.2, 0.25) is 10.5 Å². The van der Waals surface area contributed by atoms with Crippen LogP contribution < -0.4 is 5.32 Å². The largest absolute Gasteiger partial charge is 0.404 e. The molecule has 6 nitrogen and oxygen atoms in total. The Morgan fingerprint density at radius 3 is 2.23 bits per heavy atom. The van der Waals surface area contributed by atoms with Gasteiger partial charge in [0.1, 0.15) is 5.60 Å². The van der Waals surface area contributed by atoms with Crippen molar-refractivity contribution in [1.29, 1.82) is 0 Å². The van der Waals surface area contributed by atoms with Gasteiger partial charge in [-0.15, -0.1) is 0 Å². The highest BCUT2D eigenvalue weighted by Crippen LogP contribution is 2.47. The third-order valence-electron chi connectivity index (χ3n) is 9.05. The van der Waals surface area contributed by atoms with E-state index in [2.05, 4.69) is 126 Å². The molecule has 2 fully saturated rings. The fourth-order valence-corrected chi connectivity index (χ4v) is 7.51. The summed E-state index contributed by atoms with van der Waals surface area (Å²) >= 11 is 0. The Labute approximate surface area is 262 Å². The number of hydrogen-bond donors (Lipinski definition) is 1. The van der Waals surface area contributed by atoms with Crippen LogP contribution in [0, 0.1) is 6.92 Å². The third kappa shape index (κ3) is 6.99. The summed E-state index contributed by atoms with van der Waals surface area (Å²) in [6.07, 6.45) is 0.150. The average Bonchev–Trinajstić information content (AvgIpc) is 3.02. The van der Waals surface area contributed by atoms with E-state index in [1.165, 1.54) is 27.8 Å². The van der Waals surface area contributed by atoms with Crippen LogP contribution in [0.15, 0.2) is 72.8 Å². The van der Waals surface area contributed by atoms with Crippen molar-refractivity contribution in [2.75, 3.05) is 66.1 Å². The molecule has 0 aliphatic carbocycles. The van der Waals surface area contributed by atoms with Crippen molar-refractivity contribution < 1.29 is 13.9 Å². The summed E-state index contributed by atoms with van der Waals surface area (Å²) in [4.78, 5) is 5.10. The van der Waals surface area contributed by atoms with Crippen molar-refractivity contribution in [3.63, 3.8) is 0 Å². The summed E-state index contributed by atoms with van der Waals surface area (Å²) in [5.41, 5.74) is 6.56. The van der Waals surface area contributed by atoms with E-state index in [9.17, 15) is 0 Å². The molecule has 2 saturated heterocycles. The molecular formula is C36H48N3O3Si. The van der Waals surface area contributed by atoms with Crippen LogP contribution in [0.3, 0.4) is 0 Å². The molecule has 3 aromatic carbocycles. The van der Waals surface area contributed by atoms with Crippen LogP contribution in [0.2, 0.25) is 0 Å². The van der Waals surface area contributed by atoms with Crippen molar-refractivity contribution in [2.24, 2.45) is 0 Å². The number of methoxy groups -OCH3 is 1. The molecule has 3 atom stereocenters. The second-order valence-electron chi connectivity index (χ2n) is 13.1. The van der Waals surface area contributed by atoms with Gasteiger partial charge in [0, 0.05) is 52.9 Å². The highest BCUT2D eigenvalue weighted by Gasteiger charge is 2.46. The summed E-state index contributed by atoms with van der Waals surface area (Å²) < 4.78 is 17.9. The first kappa shape index (κ1) is 32.0. The van der Waals surface area contributed by atoms with Gasteiger partial charge in [-0.05, 0) is 45.7 Å². The van der Waals surface area contributed by atoms with Gasteiger partial charge in [-0.2, -0.15) is 0 Å². The minimum absolute atomic E-state index is 0.00469. The molecule has 7 heteroatoms. The summed E-state index contributed by atoms with van der Waals surface area (Å²) in [7, 11) is 5.44. The van der Waals surface area contributed by atoms with Gasteiger partial charge < -0.3 is 19.2 Å². The average molecular weight is 599 g/mol. The molecule has 1 N–H and O–H groups in total. The van der Waals surface area contributed by atoms with Gasteiger partial charge in [0.15, 0.2) is 0 Å². The van der Waals surface area contributed by atoms with Crippen molar-refractivity contribution in [2.45, 2.75) is 50.9 Å². The first-order valence-electron chi connectivity index (χ1n) is 15.7. The Bertz CT molecular complexity index is 1310. The second-order valence-corrected chi connectivity index (χ2v) is 13.3. The van der Waals surface area contributed by atoms with Gasteiger partial charge in [-0.3, -0.25) is 9.80 Å². The number of aryl methyl sites for hydroxylation is 1. The number of morpholine rings is 1. The van der Waals surface area contributed by atoms with Crippen molar-refractivity contribution in [3.05, 3.63) is 95.1 Å². The minimum atomic E-state index is -0.780. The van der Waals surface area contributed by atoms with Crippen LogP contribution in [0.1, 0.15) is 43.0 Å². The molecule has 1 unspecified atom stereocenters. The van der Waals surface area contributed by atoms with Crippen LogP contribution in [0.25, 0.3) is 11.1 Å². The second kappa shape index (κ2) is 14.2. The monoisotopic (exact) mass is 598 g/mol. The maximum Gasteiger partial charge on any atom is 0.248 e. The Hall–Kier alpha value is -2.36. The lowest BCUT2D eigenvalue weighted by molar-refractivity contribution is -0.0630. The molecule has 0 amide bonds. The molecule has 0 spiro atoms. The predicted molar refractivity (Wildman–Crippen MR) is 176 cm³/mol. The molecule has 0 bridgehead atoms. The number of benzene rings is 3. The first-order valence-corrected chi connectivity index (χ1v) is 16.1. The van der Waals surface area contributed by atoms with E-state index in [-0.39, 0.29) is 17.6 Å². The number of piperazine rings is 1. The van der Waals surface area contributed by atoms with Crippen LogP contribution in [-0.2, 0) is 24.9 Å². The number of nitrogens with one attached hydrogen (secondary N) is 1. The topological polar surface area (TPSA) is 46.2 Å². The van der Waals surface area contributed by atoms with Crippen LogP contribution in [-0.4, -0.2) is 98.6 Å². The SMILES string of the molecule is COC[C@@H]1CN(CCN2CCN[C@@H](C(O[Si])(c3ccccc3)c3ccc(C)c(C(C)(C)C)c3-c3ccccc3)C2)CCO1. The van der Waals surface area contributed by atoms with Crippen molar-refractivity contribution in [1.82, 2.24) is 15.1 Å². The first-order chi connectivity index (χ1) is 20.8. The van der Waals surface area contributed by atoms with E-state index >= 15 is 0 Å². The van der Waals surface area contributed by atoms with Gasteiger partial charge in [-0.25, -0.2) is 0 Å². The quantitative estimate of drug-likeness (QED) is 0.334. The standard InChI is InChI=1S/C36H48N3O3Si/c1-27-16-17-31(33(34(27)35(2,3)4)28-12-8-6-9-13-28)36(42-43,29-14-10-7-11-15-29)32-25-38(19-18-37-32)20-21-39-22-23-41-30(24-39)26-40-5/h6-17,30,32,37H,18-26H2,1-5H3/t30-,32+,36?/m0/s1. The van der Waals surface area contributed by atoms with E-state index in [1.54, 1.807) is 7.11 Å². The molecule has 0 aromatic heterocycles. The Kier molecular flexibility index (Phi) is 10.6. The molecule has 43 heavy (non-hydrogen) atoms. The summed E-state index contributed by atoms with van der Waals surface area (Å²) in [5.74, 6) is 0. The van der Waals surface area contributed by atoms with Gasteiger partial charge in [0.05, 0.1) is 25.4 Å². The molecule has 3 radical (unpaired) electrons. The highest BCUT2D eigenvalue weighted by atomic mass is 28.2. The van der Waals surface area contributed by atoms with Gasteiger partial charge in [-0.1, -0.05) is 93.6 Å². The van der Waals surface area contributed by atoms with Crippen molar-refractivity contribution in [3.8, 4) is 11.1 Å². The minimum Gasteiger partial charge on any atom is -0.404 e. The third-order valence-corrected chi connectivity index (χ3v) is 9.37. The van der Waals surface area contributed by atoms with E-state index in [0.29, 0.717) is 6.61 Å². The zero-order valence-electron chi connectivity index (χ0n) is 26.6. The molecule has 2 heterocycles. The van der Waals surface area contributed by atoms with Crippen LogP contribution >= 0.6 is 0 Å². The van der Waals surface area contributed by atoms with E-state index < -0.39 is 5.60 Å². The molecule has 2 aliphatic rings. The maximum absolute atomic E-state index is 6.68. The number of rotatable bonds is 10. The zero-order valence-corrected chi connectivity index (χ0v) is 27.6. The van der Waals surface area contributed by atoms with Crippen molar-refractivity contribution >= 4 is 10.5 Å². The summed E-state index contributed by atoms with van der Waals surface area (Å²) in [5, 5.41) is 3.90. The fraction of sp³-hybridized carbons (Fsp3) is 0.500. The lowest BCUT2D eigenvalue weighted by Gasteiger charge is -2.48. The fourth-order valence-electron chi connectivity index (χ4n) is 7.14. The predicted octanol–water partition coefficient (Wildman–Crippen LogP) is 4.92. The number of hydrogen-bond acceptors (Lipinski definition) is 6. The lowest BCUT2D eigenvalue weighted by atomic mass is 9.70. The summed E-state index contributed by atoms with van der Waals surface area (Å²) in [6, 6.07) is 26.1. The number of ether oxygens (including phenoxy) is 2. The van der Waals surface area contributed by atoms with Crippen LogP contribution in [0.4, 0.5) is 0 Å². The Balaban J connectivity index is 1.55. The molecule has 0 saturated carbocycles. The van der Waals surface area contributed by atoms with E-state index in [1.807, 2.05) is 0 Å². The summed E-state index contributed by atoms with van der Waals surface area (Å²) in [6.45, 7) is 17.2. The number of nitrogens with zero attached hydrogens (tertiary/aromatic N) is 2. The smallest absolute Gasteiger partial charge is 0.248 e. The zero-order chi connectivity index (χ0) is 30.5. The molecule has 5 rings (SSSR count).